The number of halogens is 2. The number of nitrogen functional groups attached to an aromatic ring is 1. The first-order valence-electron chi connectivity index (χ1n) is 14.1. The van der Waals surface area contributed by atoms with E-state index < -0.39 is 6.10 Å². The van der Waals surface area contributed by atoms with Gasteiger partial charge in [0, 0.05) is 30.5 Å². The number of nitrogens with one attached hydrogen (secondary N) is 1. The molecule has 0 aromatic heterocycles. The summed E-state index contributed by atoms with van der Waals surface area (Å²) in [5.74, 6) is 1.65. The third-order valence-corrected chi connectivity index (χ3v) is 8.52. The predicted octanol–water partition coefficient (Wildman–Crippen LogP) is 5.83. The summed E-state index contributed by atoms with van der Waals surface area (Å²) < 4.78 is 10.9. The van der Waals surface area contributed by atoms with Gasteiger partial charge in [-0.1, -0.05) is 48.9 Å². The number of benzene rings is 2. The molecule has 10 heteroatoms. The molecule has 0 radical (unpaired) electrons. The van der Waals surface area contributed by atoms with Crippen molar-refractivity contribution in [1.29, 1.82) is 0 Å². The van der Waals surface area contributed by atoms with Gasteiger partial charge in [0.05, 0.1) is 41.8 Å². The summed E-state index contributed by atoms with van der Waals surface area (Å²) in [6, 6.07) is 9.18. The van der Waals surface area contributed by atoms with Gasteiger partial charge in [0.25, 0.3) is 0 Å². The van der Waals surface area contributed by atoms with Gasteiger partial charge >= 0.3 is 0 Å². The van der Waals surface area contributed by atoms with Crippen LogP contribution in [0.1, 0.15) is 68.6 Å². The highest BCUT2D eigenvalue weighted by Crippen LogP contribution is 2.39. The molecule has 1 saturated carbocycles. The molecule has 218 valence electrons. The second-order valence-electron chi connectivity index (χ2n) is 10.5. The van der Waals surface area contributed by atoms with Crippen LogP contribution in [0.4, 0.5) is 5.69 Å². The van der Waals surface area contributed by atoms with Gasteiger partial charge in [0.1, 0.15) is 0 Å². The van der Waals surface area contributed by atoms with Gasteiger partial charge in [-0.2, -0.15) is 5.10 Å². The molecule has 1 heterocycles. The Labute approximate surface area is 246 Å². The van der Waals surface area contributed by atoms with Crippen LogP contribution in [-0.2, 0) is 4.79 Å². The third kappa shape index (κ3) is 7.21. The molecule has 8 nitrogen and oxygen atoms in total. The van der Waals surface area contributed by atoms with Crippen molar-refractivity contribution in [3.63, 3.8) is 0 Å². The number of aliphatic hydroxyl groups is 1. The molecular formula is C30H40Cl2N4O4. The van der Waals surface area contributed by atoms with Crippen LogP contribution in [0.25, 0.3) is 0 Å². The fourth-order valence-electron chi connectivity index (χ4n) is 5.64. The van der Waals surface area contributed by atoms with Crippen LogP contribution in [0, 0.1) is 11.8 Å². The van der Waals surface area contributed by atoms with Crippen LogP contribution < -0.4 is 20.5 Å². The van der Waals surface area contributed by atoms with Crippen molar-refractivity contribution >= 4 is 40.5 Å². The highest BCUT2D eigenvalue weighted by Gasteiger charge is 2.41. The molecule has 4 N–H and O–H groups in total. The van der Waals surface area contributed by atoms with Crippen molar-refractivity contribution in [3.8, 4) is 11.5 Å². The first-order valence-corrected chi connectivity index (χ1v) is 14.8. The number of unbranched alkanes of at least 4 members (excludes halogenated alkanes) is 3. The lowest BCUT2D eigenvalue weighted by atomic mass is 9.73. The van der Waals surface area contributed by atoms with Gasteiger partial charge in [-0.05, 0) is 68.1 Å². The van der Waals surface area contributed by atoms with Gasteiger partial charge < -0.3 is 25.6 Å². The van der Waals surface area contributed by atoms with E-state index in [1.54, 1.807) is 31.4 Å². The fraction of sp³-hybridized carbons (Fsp3) is 0.533. The van der Waals surface area contributed by atoms with Crippen molar-refractivity contribution < 1.29 is 19.4 Å². The number of methoxy groups -OCH3 is 2. The van der Waals surface area contributed by atoms with E-state index in [0.717, 1.165) is 69.2 Å². The van der Waals surface area contributed by atoms with Crippen molar-refractivity contribution in [3.05, 3.63) is 51.5 Å². The molecule has 3 atom stereocenters. The number of hydrogen-bond donors (Lipinski definition) is 3. The molecule has 2 aromatic carbocycles. The number of hydrogen-bond acceptors (Lipinski definition) is 7. The molecule has 0 bridgehead atoms. The average Bonchev–Trinajstić information content (AvgIpc) is 2.97. The zero-order valence-corrected chi connectivity index (χ0v) is 24.8. The second kappa shape index (κ2) is 14.4. The van der Waals surface area contributed by atoms with Gasteiger partial charge in [-0.25, -0.2) is 5.01 Å². The van der Waals surface area contributed by atoms with E-state index in [1.807, 2.05) is 18.2 Å². The zero-order valence-electron chi connectivity index (χ0n) is 23.3. The second-order valence-corrected chi connectivity index (χ2v) is 11.4. The molecule has 2 aromatic rings. The minimum Gasteiger partial charge on any atom is -0.493 e. The van der Waals surface area contributed by atoms with E-state index >= 15 is 0 Å². The molecular weight excluding hydrogens is 551 g/mol. The van der Waals surface area contributed by atoms with Gasteiger partial charge in [-0.15, -0.1) is 0 Å². The van der Waals surface area contributed by atoms with E-state index in [1.165, 1.54) is 0 Å². The number of nitrogens with zero attached hydrogens (tertiary/aromatic N) is 2. The summed E-state index contributed by atoms with van der Waals surface area (Å²) in [4.78, 5) is 13.3. The first-order chi connectivity index (χ1) is 19.3. The maximum absolute atomic E-state index is 13.3. The number of aliphatic hydroxyl groups excluding tert-OH is 1. The van der Waals surface area contributed by atoms with Gasteiger partial charge in [0.15, 0.2) is 11.5 Å². The average molecular weight is 592 g/mol. The summed E-state index contributed by atoms with van der Waals surface area (Å²) in [6.45, 7) is 1.79. The van der Waals surface area contributed by atoms with Crippen LogP contribution in [0.15, 0.2) is 35.4 Å². The highest BCUT2D eigenvalue weighted by molar-refractivity contribution is 6.38. The Bertz CT molecular complexity index is 1190. The Morgan fingerprint density at radius 2 is 1.70 bits per heavy atom. The summed E-state index contributed by atoms with van der Waals surface area (Å²) in [5, 5.41) is 21.0. The fourth-order valence-corrected chi connectivity index (χ4v) is 6.15. The Hall–Kier alpha value is -2.52. The lowest BCUT2D eigenvalue weighted by molar-refractivity contribution is -0.139. The van der Waals surface area contributed by atoms with E-state index in [2.05, 4.69) is 5.32 Å². The van der Waals surface area contributed by atoms with E-state index in [4.69, 9.17) is 43.5 Å². The largest absolute Gasteiger partial charge is 0.493 e. The number of anilines is 1. The Morgan fingerprint density at radius 3 is 2.40 bits per heavy atom. The van der Waals surface area contributed by atoms with E-state index in [-0.39, 0.29) is 17.7 Å². The predicted molar refractivity (Wildman–Crippen MR) is 160 cm³/mol. The van der Waals surface area contributed by atoms with E-state index in [0.29, 0.717) is 45.9 Å². The summed E-state index contributed by atoms with van der Waals surface area (Å²) in [6.07, 6.45) is 7.24. The number of ether oxygens (including phenoxy) is 2. The van der Waals surface area contributed by atoms with E-state index in [9.17, 15) is 9.90 Å². The van der Waals surface area contributed by atoms with Crippen molar-refractivity contribution in [2.45, 2.75) is 57.5 Å². The Kier molecular flexibility index (Phi) is 11.0. The quantitative estimate of drug-likeness (QED) is 0.200. The molecule has 1 amide bonds. The minimum atomic E-state index is -0.720. The Balaban J connectivity index is 1.26. The maximum atomic E-state index is 13.3. The first kappa shape index (κ1) is 30.4. The summed E-state index contributed by atoms with van der Waals surface area (Å²) in [7, 11) is 3.26. The molecule has 4 rings (SSSR count). The molecule has 40 heavy (non-hydrogen) atoms. The number of rotatable bonds is 13. The summed E-state index contributed by atoms with van der Waals surface area (Å²) in [5.41, 5.74) is 8.70. The lowest BCUT2D eigenvalue weighted by Gasteiger charge is -2.38. The molecule has 1 fully saturated rings. The van der Waals surface area contributed by atoms with Crippen LogP contribution in [0.3, 0.4) is 0 Å². The standard InChI is InChI=1S/C30H40Cl2N4O4/c1-39-26-12-11-19(17-27(26)40-2)29-21-9-5-6-10-22(21)30(38)36(35-29)14-8-4-3-7-13-34-18-25(37)20-15-23(31)28(33)24(32)16-20/h11-12,15-17,21-22,25,34,37H,3-10,13-14,18,33H2,1-2H3/t21-,22+,25?/m0/s1. The molecule has 0 saturated heterocycles. The monoisotopic (exact) mass is 590 g/mol. The van der Waals surface area contributed by atoms with Crippen molar-refractivity contribution in [2.24, 2.45) is 16.9 Å². The number of nitrogens with two attached hydrogens (primary N) is 1. The summed E-state index contributed by atoms with van der Waals surface area (Å²) >= 11 is 12.1. The molecule has 1 aliphatic carbocycles. The maximum Gasteiger partial charge on any atom is 0.246 e. The lowest BCUT2D eigenvalue weighted by Crippen LogP contribution is -2.46. The van der Waals surface area contributed by atoms with Crippen LogP contribution in [0.5, 0.6) is 11.5 Å². The number of carbonyl (C=O) groups excluding carboxylic acids is 1. The smallest absolute Gasteiger partial charge is 0.246 e. The van der Waals surface area contributed by atoms with Crippen LogP contribution in [0.2, 0.25) is 10.0 Å². The molecule has 1 aliphatic heterocycles. The van der Waals surface area contributed by atoms with Crippen molar-refractivity contribution in [2.75, 3.05) is 39.6 Å². The highest BCUT2D eigenvalue weighted by atomic mass is 35.5. The minimum absolute atomic E-state index is 0.00390. The molecule has 1 unspecified atom stereocenters. The number of carbonyl (C=O) groups is 1. The Morgan fingerprint density at radius 1 is 1.02 bits per heavy atom. The zero-order chi connectivity index (χ0) is 28.6. The SMILES string of the molecule is COc1ccc(C2=NN(CCCCCCNCC(O)c3cc(Cl)c(N)c(Cl)c3)C(=O)[C@@H]3CCCC[C@H]23)cc1OC. The topological polar surface area (TPSA) is 109 Å². The van der Waals surface area contributed by atoms with Gasteiger partial charge in [-0.3, -0.25) is 4.79 Å². The molecule has 2 aliphatic rings. The van der Waals surface area contributed by atoms with Crippen LogP contribution in [-0.4, -0.2) is 55.6 Å². The molecule has 0 spiro atoms. The number of hydrazone groups is 1. The number of fused-ring (bicyclic) bond motifs is 1. The normalized spacial score (nSPS) is 19.7. The van der Waals surface area contributed by atoms with Crippen molar-refractivity contribution in [1.82, 2.24) is 10.3 Å². The third-order valence-electron chi connectivity index (χ3n) is 7.89. The van der Waals surface area contributed by atoms with Crippen LogP contribution >= 0.6 is 23.2 Å². The van der Waals surface area contributed by atoms with Gasteiger partial charge in [0.2, 0.25) is 5.91 Å². The number of amides is 1.